The van der Waals surface area contributed by atoms with Crippen LogP contribution in [0.1, 0.15) is 11.1 Å². The topological polar surface area (TPSA) is 32.3 Å². The standard InChI is InChI=1S/C18H19FN2O/c19-16-7-5-14(6-8-16)9-11-20-18(22)13-21-12-10-15-3-1-2-4-17(15)21/h1-8H,9-13H2,(H,20,22). The zero-order chi connectivity index (χ0) is 15.4. The van der Waals surface area contributed by atoms with Gasteiger partial charge in [-0.1, -0.05) is 30.3 Å². The van der Waals surface area contributed by atoms with Gasteiger partial charge in [0.1, 0.15) is 5.82 Å². The lowest BCUT2D eigenvalue weighted by molar-refractivity contribution is -0.119. The first-order chi connectivity index (χ1) is 10.7. The maximum atomic E-state index is 12.8. The molecule has 0 aliphatic carbocycles. The van der Waals surface area contributed by atoms with Crippen LogP contribution in [0.4, 0.5) is 10.1 Å². The molecule has 0 saturated carbocycles. The Kier molecular flexibility index (Phi) is 4.37. The number of rotatable bonds is 5. The molecule has 1 aliphatic rings. The predicted octanol–water partition coefficient (Wildman–Crippen LogP) is 2.55. The van der Waals surface area contributed by atoms with Crippen molar-refractivity contribution in [3.63, 3.8) is 0 Å². The highest BCUT2D eigenvalue weighted by molar-refractivity contribution is 5.82. The highest BCUT2D eigenvalue weighted by atomic mass is 19.1. The van der Waals surface area contributed by atoms with Crippen LogP contribution in [0, 0.1) is 5.82 Å². The Morgan fingerprint density at radius 1 is 1.14 bits per heavy atom. The normalized spacial score (nSPS) is 13.0. The van der Waals surface area contributed by atoms with E-state index >= 15 is 0 Å². The Labute approximate surface area is 129 Å². The molecule has 0 spiro atoms. The highest BCUT2D eigenvalue weighted by Crippen LogP contribution is 2.26. The third-order valence-corrected chi connectivity index (χ3v) is 3.97. The molecule has 1 amide bonds. The number of carbonyl (C=O) groups is 1. The molecule has 0 aromatic heterocycles. The van der Waals surface area contributed by atoms with E-state index in [1.165, 1.54) is 17.7 Å². The Hall–Kier alpha value is -2.36. The molecule has 3 nitrogen and oxygen atoms in total. The number of halogens is 1. The van der Waals surface area contributed by atoms with Crippen LogP contribution in [0.25, 0.3) is 0 Å². The maximum absolute atomic E-state index is 12.8. The second-order valence-electron chi connectivity index (χ2n) is 5.53. The fourth-order valence-electron chi connectivity index (χ4n) is 2.80. The summed E-state index contributed by atoms with van der Waals surface area (Å²) in [6, 6.07) is 14.6. The Balaban J connectivity index is 1.46. The van der Waals surface area contributed by atoms with Crippen LogP contribution >= 0.6 is 0 Å². The van der Waals surface area contributed by atoms with E-state index in [0.717, 1.165) is 24.2 Å². The number of fused-ring (bicyclic) bond motifs is 1. The van der Waals surface area contributed by atoms with E-state index in [1.807, 2.05) is 12.1 Å². The lowest BCUT2D eigenvalue weighted by Gasteiger charge is -2.18. The number of hydrogen-bond acceptors (Lipinski definition) is 2. The third kappa shape index (κ3) is 3.45. The molecular weight excluding hydrogens is 279 g/mol. The number of hydrogen-bond donors (Lipinski definition) is 1. The minimum atomic E-state index is -0.236. The molecule has 4 heteroatoms. The van der Waals surface area contributed by atoms with Crippen molar-refractivity contribution < 1.29 is 9.18 Å². The lowest BCUT2D eigenvalue weighted by atomic mass is 10.1. The van der Waals surface area contributed by atoms with Gasteiger partial charge in [-0.2, -0.15) is 0 Å². The Morgan fingerprint density at radius 2 is 1.91 bits per heavy atom. The van der Waals surface area contributed by atoms with Gasteiger partial charge in [-0.3, -0.25) is 4.79 Å². The Morgan fingerprint density at radius 3 is 2.73 bits per heavy atom. The van der Waals surface area contributed by atoms with Crippen molar-refractivity contribution in [1.82, 2.24) is 5.32 Å². The average Bonchev–Trinajstić information content (AvgIpc) is 2.93. The molecule has 0 radical (unpaired) electrons. The molecule has 0 fully saturated rings. The zero-order valence-electron chi connectivity index (χ0n) is 12.4. The van der Waals surface area contributed by atoms with Gasteiger partial charge >= 0.3 is 0 Å². The van der Waals surface area contributed by atoms with Gasteiger partial charge in [0.15, 0.2) is 0 Å². The molecule has 3 rings (SSSR count). The van der Waals surface area contributed by atoms with E-state index in [-0.39, 0.29) is 11.7 Å². The summed E-state index contributed by atoms with van der Waals surface area (Å²) in [7, 11) is 0. The van der Waals surface area contributed by atoms with Gasteiger partial charge in [0.25, 0.3) is 0 Å². The smallest absolute Gasteiger partial charge is 0.239 e. The SMILES string of the molecule is O=C(CN1CCc2ccccc21)NCCc1ccc(F)cc1. The molecule has 0 bridgehead atoms. The first kappa shape index (κ1) is 14.6. The lowest BCUT2D eigenvalue weighted by Crippen LogP contribution is -2.37. The molecule has 2 aromatic carbocycles. The largest absolute Gasteiger partial charge is 0.362 e. The fraction of sp³-hybridized carbons (Fsp3) is 0.278. The molecule has 0 saturated heterocycles. The highest BCUT2D eigenvalue weighted by Gasteiger charge is 2.20. The van der Waals surface area contributed by atoms with E-state index in [2.05, 4.69) is 22.3 Å². The van der Waals surface area contributed by atoms with Crippen molar-refractivity contribution in [3.05, 3.63) is 65.5 Å². The van der Waals surface area contributed by atoms with Crippen molar-refractivity contribution in [2.24, 2.45) is 0 Å². The first-order valence-electron chi connectivity index (χ1n) is 7.56. The van der Waals surface area contributed by atoms with E-state index < -0.39 is 0 Å². The number of amides is 1. The molecule has 0 unspecified atom stereocenters. The van der Waals surface area contributed by atoms with Gasteiger partial charge in [-0.15, -0.1) is 0 Å². The van der Waals surface area contributed by atoms with E-state index in [4.69, 9.17) is 0 Å². The van der Waals surface area contributed by atoms with Crippen LogP contribution < -0.4 is 10.2 Å². The molecule has 22 heavy (non-hydrogen) atoms. The van der Waals surface area contributed by atoms with Crippen molar-refractivity contribution >= 4 is 11.6 Å². The monoisotopic (exact) mass is 298 g/mol. The van der Waals surface area contributed by atoms with Crippen molar-refractivity contribution in [2.45, 2.75) is 12.8 Å². The molecule has 1 N–H and O–H groups in total. The molecular formula is C18H19FN2O. The Bertz CT molecular complexity index is 654. The summed E-state index contributed by atoms with van der Waals surface area (Å²) in [5.41, 5.74) is 3.49. The number of benzene rings is 2. The molecule has 114 valence electrons. The van der Waals surface area contributed by atoms with Crippen molar-refractivity contribution in [1.29, 1.82) is 0 Å². The minimum absolute atomic E-state index is 0.0267. The van der Waals surface area contributed by atoms with Crippen molar-refractivity contribution in [3.8, 4) is 0 Å². The summed E-state index contributed by atoms with van der Waals surface area (Å²) in [6.45, 7) is 1.85. The minimum Gasteiger partial charge on any atom is -0.362 e. The van der Waals surface area contributed by atoms with Gasteiger partial charge in [0, 0.05) is 18.8 Å². The number of anilines is 1. The number of nitrogens with zero attached hydrogens (tertiary/aromatic N) is 1. The van der Waals surface area contributed by atoms with Gasteiger partial charge in [-0.05, 0) is 42.2 Å². The van der Waals surface area contributed by atoms with Gasteiger partial charge < -0.3 is 10.2 Å². The summed E-state index contributed by atoms with van der Waals surface area (Å²) >= 11 is 0. The van der Waals surface area contributed by atoms with Gasteiger partial charge in [-0.25, -0.2) is 4.39 Å². The van der Waals surface area contributed by atoms with Gasteiger partial charge in [0.05, 0.1) is 6.54 Å². The van der Waals surface area contributed by atoms with Crippen LogP contribution in [0.5, 0.6) is 0 Å². The maximum Gasteiger partial charge on any atom is 0.239 e. The summed E-state index contributed by atoms with van der Waals surface area (Å²) < 4.78 is 12.8. The van der Waals surface area contributed by atoms with Crippen LogP contribution in [0.3, 0.4) is 0 Å². The van der Waals surface area contributed by atoms with Gasteiger partial charge in [0.2, 0.25) is 5.91 Å². The van der Waals surface area contributed by atoms with E-state index in [9.17, 15) is 9.18 Å². The average molecular weight is 298 g/mol. The number of para-hydroxylation sites is 1. The summed E-state index contributed by atoms with van der Waals surface area (Å²) in [5, 5.41) is 2.93. The number of nitrogens with one attached hydrogen (secondary N) is 1. The van der Waals surface area contributed by atoms with Crippen LogP contribution in [0.2, 0.25) is 0 Å². The third-order valence-electron chi connectivity index (χ3n) is 3.97. The first-order valence-corrected chi connectivity index (χ1v) is 7.56. The van der Waals surface area contributed by atoms with Crippen LogP contribution in [-0.4, -0.2) is 25.5 Å². The molecule has 1 heterocycles. The van der Waals surface area contributed by atoms with Crippen LogP contribution in [0.15, 0.2) is 48.5 Å². The zero-order valence-corrected chi connectivity index (χ0v) is 12.4. The van der Waals surface area contributed by atoms with E-state index in [0.29, 0.717) is 19.5 Å². The number of carbonyl (C=O) groups excluding carboxylic acids is 1. The summed E-state index contributed by atoms with van der Waals surface area (Å²) in [5.74, 6) is -0.209. The second-order valence-corrected chi connectivity index (χ2v) is 5.53. The predicted molar refractivity (Wildman–Crippen MR) is 85.5 cm³/mol. The fourth-order valence-corrected chi connectivity index (χ4v) is 2.80. The second kappa shape index (κ2) is 6.60. The quantitative estimate of drug-likeness (QED) is 0.920. The summed E-state index contributed by atoms with van der Waals surface area (Å²) in [4.78, 5) is 14.2. The summed E-state index contributed by atoms with van der Waals surface area (Å²) in [6.07, 6.45) is 1.71. The van der Waals surface area contributed by atoms with E-state index in [1.54, 1.807) is 12.1 Å². The molecule has 2 aromatic rings. The van der Waals surface area contributed by atoms with Crippen LogP contribution in [-0.2, 0) is 17.6 Å². The molecule has 1 aliphatic heterocycles. The molecule has 0 atom stereocenters. The van der Waals surface area contributed by atoms with Crippen molar-refractivity contribution in [2.75, 3.05) is 24.5 Å².